The maximum Gasteiger partial charge on any atom is 0.258 e. The van der Waals surface area contributed by atoms with Gasteiger partial charge in [0.15, 0.2) is 5.11 Å². The molecule has 1 fully saturated rings. The van der Waals surface area contributed by atoms with Crippen LogP contribution in [0.3, 0.4) is 0 Å². The van der Waals surface area contributed by atoms with Gasteiger partial charge in [0, 0.05) is 16.7 Å². The first kappa shape index (κ1) is 20.7. The number of hydrogen-bond donors (Lipinski definition) is 2. The molecule has 0 atom stereocenters. The van der Waals surface area contributed by atoms with Crippen molar-refractivity contribution >= 4 is 57.4 Å². The molecule has 1 aliphatic rings. The normalized spacial score (nSPS) is 14.4. The van der Waals surface area contributed by atoms with Gasteiger partial charge in [-0.2, -0.15) is 0 Å². The molecule has 0 aromatic heterocycles. The Labute approximate surface area is 184 Å². The van der Waals surface area contributed by atoms with Gasteiger partial charge in [-0.3, -0.25) is 14.9 Å². The van der Waals surface area contributed by atoms with Crippen molar-refractivity contribution in [3.05, 3.63) is 63.2 Å². The van der Waals surface area contributed by atoms with E-state index in [1.165, 1.54) is 0 Å². The lowest BCUT2D eigenvalue weighted by molar-refractivity contribution is 0.0698. The molecule has 2 N–H and O–H groups in total. The van der Waals surface area contributed by atoms with Gasteiger partial charge in [0.1, 0.15) is 0 Å². The summed E-state index contributed by atoms with van der Waals surface area (Å²) in [6, 6.07) is 14.5. The molecule has 0 saturated carbocycles. The lowest BCUT2D eigenvalue weighted by Crippen LogP contribution is -2.39. The molecule has 146 valence electrons. The number of para-hydroxylation sites is 1. The van der Waals surface area contributed by atoms with Crippen LogP contribution in [0.2, 0.25) is 0 Å². The average Bonchev–Trinajstić information content (AvgIpc) is 2.68. The molecule has 0 aliphatic carbocycles. The zero-order valence-corrected chi connectivity index (χ0v) is 18.5. The van der Waals surface area contributed by atoms with Gasteiger partial charge in [-0.15, -0.1) is 0 Å². The van der Waals surface area contributed by atoms with Gasteiger partial charge in [-0.1, -0.05) is 31.2 Å². The number of amides is 2. The number of benzene rings is 2. The van der Waals surface area contributed by atoms with E-state index in [4.69, 9.17) is 12.2 Å². The predicted octanol–water partition coefficient (Wildman–Crippen LogP) is 4.29. The van der Waals surface area contributed by atoms with Crippen LogP contribution in [0.4, 0.5) is 5.69 Å². The summed E-state index contributed by atoms with van der Waals surface area (Å²) in [7, 11) is 0. The summed E-state index contributed by atoms with van der Waals surface area (Å²) in [5.74, 6) is 0.360. The second kappa shape index (κ2) is 9.47. The smallest absolute Gasteiger partial charge is 0.258 e. The molecule has 5 nitrogen and oxygen atoms in total. The highest BCUT2D eigenvalue weighted by Crippen LogP contribution is 2.22. The van der Waals surface area contributed by atoms with Gasteiger partial charge < -0.3 is 10.2 Å². The summed E-state index contributed by atoms with van der Waals surface area (Å²) in [5.41, 5.74) is 1.71. The van der Waals surface area contributed by atoms with Crippen molar-refractivity contribution in [1.29, 1.82) is 0 Å². The fourth-order valence-corrected chi connectivity index (χ4v) is 3.96. The third-order valence-electron chi connectivity index (χ3n) is 4.82. The summed E-state index contributed by atoms with van der Waals surface area (Å²) in [5, 5.41) is 5.86. The molecule has 3 rings (SSSR count). The Morgan fingerprint density at radius 2 is 1.64 bits per heavy atom. The number of likely N-dealkylation sites (tertiary alicyclic amines) is 1. The Balaban J connectivity index is 1.69. The molecule has 2 aromatic carbocycles. The largest absolute Gasteiger partial charge is 0.339 e. The fraction of sp³-hybridized carbons (Fsp3) is 0.286. The number of thiocarbonyl (C=S) groups is 1. The van der Waals surface area contributed by atoms with Crippen molar-refractivity contribution in [2.24, 2.45) is 5.92 Å². The van der Waals surface area contributed by atoms with Crippen LogP contribution in [-0.4, -0.2) is 34.9 Å². The molecular formula is C21H22IN3O2S. The van der Waals surface area contributed by atoms with Crippen LogP contribution in [0.1, 0.15) is 40.5 Å². The molecule has 28 heavy (non-hydrogen) atoms. The van der Waals surface area contributed by atoms with Crippen LogP contribution in [0.15, 0.2) is 48.5 Å². The number of carbonyl (C=O) groups excluding carboxylic acids is 2. The number of piperidine rings is 1. The van der Waals surface area contributed by atoms with E-state index in [0.29, 0.717) is 22.7 Å². The second-order valence-electron chi connectivity index (χ2n) is 6.91. The number of halogens is 1. The molecule has 1 saturated heterocycles. The lowest BCUT2D eigenvalue weighted by Gasteiger charge is -2.31. The Morgan fingerprint density at radius 3 is 2.32 bits per heavy atom. The van der Waals surface area contributed by atoms with Crippen LogP contribution >= 0.6 is 34.8 Å². The third kappa shape index (κ3) is 5.08. The Kier molecular flexibility index (Phi) is 7.01. The fourth-order valence-electron chi connectivity index (χ4n) is 3.13. The molecule has 1 heterocycles. The molecular weight excluding hydrogens is 485 g/mol. The quantitative estimate of drug-likeness (QED) is 0.481. The van der Waals surface area contributed by atoms with E-state index in [2.05, 4.69) is 40.1 Å². The van der Waals surface area contributed by atoms with Gasteiger partial charge in [-0.25, -0.2) is 0 Å². The van der Waals surface area contributed by atoms with E-state index in [1.807, 2.05) is 29.2 Å². The summed E-state index contributed by atoms with van der Waals surface area (Å²) >= 11 is 7.41. The van der Waals surface area contributed by atoms with E-state index >= 15 is 0 Å². The van der Waals surface area contributed by atoms with Crippen LogP contribution in [0.5, 0.6) is 0 Å². The molecule has 0 spiro atoms. The van der Waals surface area contributed by atoms with Crippen LogP contribution in [0, 0.1) is 9.49 Å². The first-order valence-electron chi connectivity index (χ1n) is 9.21. The third-order valence-corrected chi connectivity index (χ3v) is 5.97. The molecule has 0 bridgehead atoms. The molecule has 7 heteroatoms. The van der Waals surface area contributed by atoms with Gasteiger partial charge in [-0.05, 0) is 77.8 Å². The van der Waals surface area contributed by atoms with Crippen molar-refractivity contribution in [1.82, 2.24) is 10.2 Å². The van der Waals surface area contributed by atoms with Crippen molar-refractivity contribution in [2.75, 3.05) is 18.4 Å². The van der Waals surface area contributed by atoms with Crippen LogP contribution < -0.4 is 10.6 Å². The number of anilines is 1. The maximum atomic E-state index is 13.0. The first-order chi connectivity index (χ1) is 13.5. The molecule has 0 unspecified atom stereocenters. The topological polar surface area (TPSA) is 61.4 Å². The monoisotopic (exact) mass is 507 g/mol. The van der Waals surface area contributed by atoms with E-state index < -0.39 is 0 Å². The van der Waals surface area contributed by atoms with E-state index in [0.717, 1.165) is 29.5 Å². The van der Waals surface area contributed by atoms with E-state index in [1.54, 1.807) is 24.3 Å². The molecule has 0 radical (unpaired) electrons. The molecule has 2 amide bonds. The van der Waals surface area contributed by atoms with Crippen LogP contribution in [0.25, 0.3) is 0 Å². The Bertz CT molecular complexity index is 895. The minimum Gasteiger partial charge on any atom is -0.339 e. The highest BCUT2D eigenvalue weighted by molar-refractivity contribution is 14.1. The zero-order valence-electron chi connectivity index (χ0n) is 15.6. The summed E-state index contributed by atoms with van der Waals surface area (Å²) in [6.07, 6.45) is 2.04. The highest BCUT2D eigenvalue weighted by atomic mass is 127. The van der Waals surface area contributed by atoms with E-state index in [9.17, 15) is 9.59 Å². The minimum absolute atomic E-state index is 0.0123. The van der Waals surface area contributed by atoms with Gasteiger partial charge in [0.25, 0.3) is 11.8 Å². The number of rotatable bonds is 3. The number of carbonyl (C=O) groups is 2. The van der Waals surface area contributed by atoms with Gasteiger partial charge >= 0.3 is 0 Å². The minimum atomic E-state index is -0.281. The molecule has 1 aliphatic heterocycles. The number of nitrogens with one attached hydrogen (secondary N) is 2. The Hall–Kier alpha value is -2.00. The Morgan fingerprint density at radius 1 is 1.04 bits per heavy atom. The van der Waals surface area contributed by atoms with Crippen molar-refractivity contribution < 1.29 is 9.59 Å². The van der Waals surface area contributed by atoms with Crippen molar-refractivity contribution in [3.8, 4) is 0 Å². The average molecular weight is 507 g/mol. The van der Waals surface area contributed by atoms with Gasteiger partial charge in [0.05, 0.1) is 16.8 Å². The number of nitrogens with zero attached hydrogens (tertiary/aromatic N) is 1. The SMILES string of the molecule is CC1CCN(C(=O)c2ccccc2NC(=S)NC(=O)c2ccccc2I)CC1. The second-order valence-corrected chi connectivity index (χ2v) is 8.48. The van der Waals surface area contributed by atoms with Crippen molar-refractivity contribution in [2.45, 2.75) is 19.8 Å². The van der Waals surface area contributed by atoms with Crippen molar-refractivity contribution in [3.63, 3.8) is 0 Å². The van der Waals surface area contributed by atoms with Crippen LogP contribution in [-0.2, 0) is 0 Å². The van der Waals surface area contributed by atoms with Gasteiger partial charge in [0.2, 0.25) is 0 Å². The standard InChI is InChI=1S/C21H22IN3O2S/c1-14-10-12-25(13-11-14)20(27)16-7-3-5-9-18(16)23-21(28)24-19(26)15-6-2-4-8-17(15)22/h2-9,14H,10-13H2,1H3,(H2,23,24,26,28). The summed E-state index contributed by atoms with van der Waals surface area (Å²) in [6.45, 7) is 3.75. The molecule has 2 aromatic rings. The maximum absolute atomic E-state index is 13.0. The van der Waals surface area contributed by atoms with E-state index in [-0.39, 0.29) is 16.9 Å². The summed E-state index contributed by atoms with van der Waals surface area (Å²) in [4.78, 5) is 27.3. The zero-order chi connectivity index (χ0) is 20.1. The highest BCUT2D eigenvalue weighted by Gasteiger charge is 2.23. The predicted molar refractivity (Wildman–Crippen MR) is 124 cm³/mol. The summed E-state index contributed by atoms with van der Waals surface area (Å²) < 4.78 is 0.843. The first-order valence-corrected chi connectivity index (χ1v) is 10.7. The lowest BCUT2D eigenvalue weighted by atomic mass is 9.98. The number of hydrogen-bond acceptors (Lipinski definition) is 3.